The summed E-state index contributed by atoms with van der Waals surface area (Å²) in [4.78, 5) is 18.5. The first-order valence-electron chi connectivity index (χ1n) is 4.92. The number of carbonyl (C=O) groups excluding carboxylic acids is 1. The Labute approximate surface area is 90.7 Å². The minimum Gasteiger partial charge on any atom is -0.476 e. The summed E-state index contributed by atoms with van der Waals surface area (Å²) in [5, 5.41) is 0. The highest BCUT2D eigenvalue weighted by molar-refractivity contribution is 6.76. The van der Waals surface area contributed by atoms with Gasteiger partial charge < -0.3 is 4.74 Å². The summed E-state index contributed by atoms with van der Waals surface area (Å²) in [6, 6.07) is 1.04. The van der Waals surface area contributed by atoms with Crippen molar-refractivity contribution in [1.29, 1.82) is 0 Å². The highest BCUT2D eigenvalue weighted by Gasteiger charge is 2.13. The third-order valence-corrected chi connectivity index (χ3v) is 3.60. The summed E-state index contributed by atoms with van der Waals surface area (Å²) in [7, 11) is -1.10. The lowest BCUT2D eigenvalue weighted by molar-refractivity contribution is 0.111. The Morgan fingerprint density at radius 1 is 1.33 bits per heavy atom. The molecule has 82 valence electrons. The van der Waals surface area contributed by atoms with E-state index in [0.29, 0.717) is 18.8 Å². The van der Waals surface area contributed by atoms with Gasteiger partial charge >= 0.3 is 0 Å². The quantitative estimate of drug-likeness (QED) is 0.567. The Bertz CT molecular complexity index is 336. The van der Waals surface area contributed by atoms with E-state index in [-0.39, 0.29) is 5.69 Å². The first-order chi connectivity index (χ1) is 7.03. The van der Waals surface area contributed by atoms with Crippen LogP contribution in [0, 0.1) is 0 Å². The lowest BCUT2D eigenvalue weighted by atomic mass is 10.5. The van der Waals surface area contributed by atoms with Gasteiger partial charge in [0.05, 0.1) is 6.61 Å². The zero-order chi connectivity index (χ0) is 11.3. The van der Waals surface area contributed by atoms with E-state index in [1.54, 1.807) is 0 Å². The molecular weight excluding hydrogens is 208 g/mol. The molecular formula is C10H16N2O2Si. The van der Waals surface area contributed by atoms with E-state index in [1.165, 1.54) is 12.4 Å². The number of nitrogens with zero attached hydrogens (tertiary/aromatic N) is 2. The number of hydrogen-bond acceptors (Lipinski definition) is 4. The molecule has 0 aliphatic carbocycles. The van der Waals surface area contributed by atoms with Crippen molar-refractivity contribution in [3.63, 3.8) is 0 Å². The number of ether oxygens (including phenoxy) is 1. The summed E-state index contributed by atoms with van der Waals surface area (Å²) in [5.41, 5.74) is 0.271. The van der Waals surface area contributed by atoms with Crippen molar-refractivity contribution in [2.24, 2.45) is 0 Å². The van der Waals surface area contributed by atoms with Crippen molar-refractivity contribution in [2.75, 3.05) is 6.61 Å². The highest BCUT2D eigenvalue weighted by Crippen LogP contribution is 2.12. The van der Waals surface area contributed by atoms with Gasteiger partial charge in [-0.2, -0.15) is 0 Å². The molecule has 0 saturated carbocycles. The van der Waals surface area contributed by atoms with E-state index >= 15 is 0 Å². The molecule has 1 aromatic heterocycles. The molecule has 0 radical (unpaired) electrons. The van der Waals surface area contributed by atoms with E-state index in [4.69, 9.17) is 4.74 Å². The standard InChI is InChI=1S/C10H16N2O2Si/c1-15(2,3)7-6-14-10-9(8-13)11-4-5-12-10/h4-5,8H,6-7H2,1-3H3. The molecule has 0 fully saturated rings. The monoisotopic (exact) mass is 224 g/mol. The van der Waals surface area contributed by atoms with Crippen molar-refractivity contribution in [3.8, 4) is 5.88 Å². The first-order valence-corrected chi connectivity index (χ1v) is 8.62. The molecule has 4 nitrogen and oxygen atoms in total. The van der Waals surface area contributed by atoms with Crippen LogP contribution in [0.4, 0.5) is 0 Å². The zero-order valence-corrected chi connectivity index (χ0v) is 10.4. The SMILES string of the molecule is C[Si](C)(C)CCOc1nccnc1C=O. The molecule has 0 aromatic carbocycles. The summed E-state index contributed by atoms with van der Waals surface area (Å²) in [5.74, 6) is 0.339. The van der Waals surface area contributed by atoms with E-state index < -0.39 is 8.07 Å². The minimum atomic E-state index is -1.10. The lowest BCUT2D eigenvalue weighted by Crippen LogP contribution is -2.22. The van der Waals surface area contributed by atoms with Gasteiger partial charge in [-0.15, -0.1) is 0 Å². The zero-order valence-electron chi connectivity index (χ0n) is 9.36. The Morgan fingerprint density at radius 2 is 2.00 bits per heavy atom. The predicted octanol–water partition coefficient (Wildman–Crippen LogP) is 2.01. The maximum Gasteiger partial charge on any atom is 0.243 e. The van der Waals surface area contributed by atoms with Gasteiger partial charge in [-0.1, -0.05) is 19.6 Å². The molecule has 0 spiro atoms. The summed E-state index contributed by atoms with van der Waals surface area (Å²) in [6.45, 7) is 7.42. The van der Waals surface area contributed by atoms with Gasteiger partial charge in [-0.3, -0.25) is 4.79 Å². The van der Waals surface area contributed by atoms with Gasteiger partial charge in [0.2, 0.25) is 5.88 Å². The fourth-order valence-corrected chi connectivity index (χ4v) is 1.70. The lowest BCUT2D eigenvalue weighted by Gasteiger charge is -2.15. The van der Waals surface area contributed by atoms with E-state index in [9.17, 15) is 4.79 Å². The van der Waals surface area contributed by atoms with Crippen LogP contribution >= 0.6 is 0 Å². The maximum atomic E-state index is 10.6. The van der Waals surface area contributed by atoms with E-state index in [0.717, 1.165) is 6.04 Å². The van der Waals surface area contributed by atoms with Crippen LogP contribution < -0.4 is 4.74 Å². The molecule has 0 amide bonds. The molecule has 0 unspecified atom stereocenters. The number of hydrogen-bond donors (Lipinski definition) is 0. The third-order valence-electron chi connectivity index (χ3n) is 1.89. The number of aldehydes is 1. The molecule has 0 N–H and O–H groups in total. The number of aromatic nitrogens is 2. The van der Waals surface area contributed by atoms with Crippen LogP contribution in [0.3, 0.4) is 0 Å². The third kappa shape index (κ3) is 4.20. The van der Waals surface area contributed by atoms with Crippen LogP contribution in [-0.2, 0) is 0 Å². The molecule has 0 aliphatic rings. The van der Waals surface area contributed by atoms with Crippen LogP contribution in [0.5, 0.6) is 5.88 Å². The van der Waals surface area contributed by atoms with Crippen LogP contribution in [0.1, 0.15) is 10.5 Å². The fourth-order valence-electron chi connectivity index (χ4n) is 0.982. The van der Waals surface area contributed by atoms with Gasteiger partial charge in [0.15, 0.2) is 12.0 Å². The average molecular weight is 224 g/mol. The molecule has 1 heterocycles. The van der Waals surface area contributed by atoms with E-state index in [1.807, 2.05) is 0 Å². The van der Waals surface area contributed by atoms with Crippen LogP contribution in [-0.4, -0.2) is 30.9 Å². The second-order valence-electron chi connectivity index (χ2n) is 4.52. The molecule has 1 rings (SSSR count). The van der Waals surface area contributed by atoms with Crippen molar-refractivity contribution in [2.45, 2.75) is 25.7 Å². The summed E-state index contributed by atoms with van der Waals surface area (Å²) >= 11 is 0. The Kier molecular flexibility index (Phi) is 3.96. The Balaban J connectivity index is 2.54. The van der Waals surface area contributed by atoms with Crippen molar-refractivity contribution in [1.82, 2.24) is 9.97 Å². The van der Waals surface area contributed by atoms with Gasteiger partial charge in [0.1, 0.15) is 0 Å². The van der Waals surface area contributed by atoms with E-state index in [2.05, 4.69) is 29.6 Å². The van der Waals surface area contributed by atoms with Crippen molar-refractivity contribution >= 4 is 14.4 Å². The Hall–Kier alpha value is -1.23. The van der Waals surface area contributed by atoms with Gasteiger partial charge in [0.25, 0.3) is 0 Å². The minimum absolute atomic E-state index is 0.271. The molecule has 15 heavy (non-hydrogen) atoms. The molecule has 5 heteroatoms. The summed E-state index contributed by atoms with van der Waals surface area (Å²) in [6.07, 6.45) is 3.67. The smallest absolute Gasteiger partial charge is 0.243 e. The van der Waals surface area contributed by atoms with Gasteiger partial charge in [0, 0.05) is 20.5 Å². The topological polar surface area (TPSA) is 52.1 Å². The number of carbonyl (C=O) groups is 1. The highest BCUT2D eigenvalue weighted by atomic mass is 28.3. The van der Waals surface area contributed by atoms with Crippen LogP contribution in [0.2, 0.25) is 25.7 Å². The summed E-state index contributed by atoms with van der Waals surface area (Å²) < 4.78 is 5.43. The van der Waals surface area contributed by atoms with Gasteiger partial charge in [-0.05, 0) is 6.04 Å². The second kappa shape index (κ2) is 5.02. The maximum absolute atomic E-state index is 10.6. The molecule has 1 aromatic rings. The number of rotatable bonds is 5. The first kappa shape index (κ1) is 11.8. The molecule has 0 aliphatic heterocycles. The van der Waals surface area contributed by atoms with Crippen LogP contribution in [0.15, 0.2) is 12.4 Å². The molecule has 0 bridgehead atoms. The molecule has 0 saturated heterocycles. The van der Waals surface area contributed by atoms with Gasteiger partial charge in [-0.25, -0.2) is 9.97 Å². The normalized spacial score (nSPS) is 11.1. The molecule has 0 atom stereocenters. The van der Waals surface area contributed by atoms with Crippen LogP contribution in [0.25, 0.3) is 0 Å². The van der Waals surface area contributed by atoms with Crippen molar-refractivity contribution < 1.29 is 9.53 Å². The largest absolute Gasteiger partial charge is 0.476 e. The fraction of sp³-hybridized carbons (Fsp3) is 0.500. The predicted molar refractivity (Wildman–Crippen MR) is 61.1 cm³/mol. The van der Waals surface area contributed by atoms with Crippen molar-refractivity contribution in [3.05, 3.63) is 18.1 Å². The average Bonchev–Trinajstić information content (AvgIpc) is 2.16. The Morgan fingerprint density at radius 3 is 2.60 bits per heavy atom. The second-order valence-corrected chi connectivity index (χ2v) is 10.1.